The Morgan fingerprint density at radius 2 is 0.818 bits per heavy atom. The average Bonchev–Trinajstić information content (AvgIpc) is 2.13. The molecule has 0 heterocycles. The van der Waals surface area contributed by atoms with Gasteiger partial charge >= 0.3 is 0 Å². The van der Waals surface area contributed by atoms with Gasteiger partial charge in [0.2, 0.25) is 0 Å². The Morgan fingerprint density at radius 1 is 0.636 bits per heavy atom. The molecule has 0 aliphatic rings. The van der Waals surface area contributed by atoms with Gasteiger partial charge in [0, 0.05) is 28.3 Å². The molecule has 0 radical (unpaired) electrons. The van der Waals surface area contributed by atoms with Crippen LogP contribution in [0.25, 0.3) is 0 Å². The van der Waals surface area contributed by atoms with Crippen molar-refractivity contribution in [1.82, 2.24) is 0 Å². The van der Waals surface area contributed by atoms with E-state index in [1.807, 2.05) is 13.8 Å². The number of rotatable bonds is 7. The van der Waals surface area contributed by atoms with Gasteiger partial charge in [-0.2, -0.15) is 0 Å². The maximum atomic E-state index is 10.7. The topological polar surface area (TPSA) is 103 Å². The molecule has 0 aliphatic heterocycles. The zero-order chi connectivity index (χ0) is 15.6. The standard InChI is InChI=1S/C12H28OSi.C4H10O.2H2O.Ti/c1-10(2)7-14(13,8-11(3)4)9-12(5)6;1-4(2)3-5;;;/h10-13H,7-9H2,1-6H3;4-5H,3H2,1-2H3;2*1H2;. The molecule has 0 saturated heterocycles. The maximum absolute atomic E-state index is 10.7. The van der Waals surface area contributed by atoms with Gasteiger partial charge < -0.3 is 20.9 Å². The minimum Gasteiger partial charge on any atom is -0.432 e. The molecule has 0 fully saturated rings. The SMILES string of the molecule is CC(C)CO.CC(C)C[Si](O)(CC(C)C)CC(C)C.O.O.[Ti]. The molecule has 0 unspecified atom stereocenters. The van der Waals surface area contributed by atoms with Gasteiger partial charge in [-0.15, -0.1) is 0 Å². The molecule has 0 saturated carbocycles. The molecule has 0 aliphatic carbocycles. The Hall–Kier alpha value is 0.771. The first-order chi connectivity index (χ1) is 8.52. The summed E-state index contributed by atoms with van der Waals surface area (Å²) in [6, 6.07) is 3.22. The van der Waals surface area contributed by atoms with Crippen LogP contribution in [0.1, 0.15) is 55.4 Å². The molecule has 0 bridgehead atoms. The van der Waals surface area contributed by atoms with Crippen LogP contribution in [0.5, 0.6) is 0 Å². The Morgan fingerprint density at radius 3 is 0.909 bits per heavy atom. The van der Waals surface area contributed by atoms with Crippen LogP contribution in [0.15, 0.2) is 0 Å². The Kier molecular flexibility index (Phi) is 28.1. The van der Waals surface area contributed by atoms with E-state index < -0.39 is 8.32 Å². The second-order valence-electron chi connectivity index (χ2n) is 7.59. The van der Waals surface area contributed by atoms with Crippen molar-refractivity contribution in [3.8, 4) is 0 Å². The zero-order valence-corrected chi connectivity index (χ0v) is 18.6. The Labute approximate surface area is 154 Å². The van der Waals surface area contributed by atoms with E-state index in [1.54, 1.807) is 0 Å². The van der Waals surface area contributed by atoms with E-state index in [-0.39, 0.29) is 32.7 Å². The third-order valence-electron chi connectivity index (χ3n) is 2.73. The maximum Gasteiger partial charge on any atom is 0.189 e. The average molecular weight is 374 g/mol. The van der Waals surface area contributed by atoms with Crippen LogP contribution in [0.2, 0.25) is 18.1 Å². The summed E-state index contributed by atoms with van der Waals surface area (Å²) >= 11 is 0. The molecular formula is C16H42O4SiTi. The van der Waals surface area contributed by atoms with E-state index in [4.69, 9.17) is 5.11 Å². The second kappa shape index (κ2) is 18.1. The molecule has 0 aromatic heterocycles. The van der Waals surface area contributed by atoms with Crippen molar-refractivity contribution in [2.45, 2.75) is 73.5 Å². The summed E-state index contributed by atoms with van der Waals surface area (Å²) in [6.07, 6.45) is 0. The summed E-state index contributed by atoms with van der Waals surface area (Å²) in [4.78, 5) is 10.7. The van der Waals surface area contributed by atoms with Crippen LogP contribution in [0, 0.1) is 23.7 Å². The predicted octanol–water partition coefficient (Wildman–Crippen LogP) is 2.88. The van der Waals surface area contributed by atoms with E-state index in [0.29, 0.717) is 30.3 Å². The monoisotopic (exact) mass is 374 g/mol. The summed E-state index contributed by atoms with van der Waals surface area (Å²) in [5, 5.41) is 8.14. The summed E-state index contributed by atoms with van der Waals surface area (Å²) < 4.78 is 0. The molecule has 0 aromatic rings. The molecule has 0 amide bonds. The van der Waals surface area contributed by atoms with Gasteiger partial charge in [-0.3, -0.25) is 0 Å². The fourth-order valence-electron chi connectivity index (χ4n) is 2.53. The third-order valence-corrected chi connectivity index (χ3v) is 7.46. The molecule has 6 N–H and O–H groups in total. The molecule has 6 heteroatoms. The number of hydrogen-bond acceptors (Lipinski definition) is 2. The Balaban J connectivity index is -0.000000105. The van der Waals surface area contributed by atoms with Gasteiger partial charge in [0.05, 0.1) is 0 Å². The third kappa shape index (κ3) is 25.7. The number of aliphatic hydroxyl groups excluding tert-OH is 1. The fraction of sp³-hybridized carbons (Fsp3) is 1.00. The normalized spacial score (nSPS) is 10.6. The van der Waals surface area contributed by atoms with Crippen molar-refractivity contribution in [3.05, 3.63) is 0 Å². The van der Waals surface area contributed by atoms with Crippen molar-refractivity contribution in [2.24, 2.45) is 23.7 Å². The van der Waals surface area contributed by atoms with Crippen LogP contribution >= 0.6 is 0 Å². The first kappa shape index (κ1) is 34.2. The molecule has 138 valence electrons. The van der Waals surface area contributed by atoms with Crippen molar-refractivity contribution in [1.29, 1.82) is 0 Å². The number of aliphatic hydroxyl groups is 1. The number of hydrogen-bond donors (Lipinski definition) is 2. The van der Waals surface area contributed by atoms with Crippen LogP contribution in [0.3, 0.4) is 0 Å². The van der Waals surface area contributed by atoms with Gasteiger partial charge in [0.1, 0.15) is 0 Å². The van der Waals surface area contributed by atoms with Crippen LogP contribution in [0.4, 0.5) is 0 Å². The van der Waals surface area contributed by atoms with E-state index in [2.05, 4.69) is 41.5 Å². The van der Waals surface area contributed by atoms with Crippen LogP contribution in [-0.2, 0) is 21.7 Å². The summed E-state index contributed by atoms with van der Waals surface area (Å²) in [6.45, 7) is 17.6. The predicted molar refractivity (Wildman–Crippen MR) is 96.1 cm³/mol. The molecule has 0 atom stereocenters. The minimum atomic E-state index is -1.94. The second-order valence-corrected chi connectivity index (χ2v) is 11.3. The zero-order valence-electron chi connectivity index (χ0n) is 16.0. The van der Waals surface area contributed by atoms with Crippen molar-refractivity contribution < 1.29 is 42.6 Å². The largest absolute Gasteiger partial charge is 0.432 e. The molecule has 4 nitrogen and oxygen atoms in total. The fourth-order valence-corrected chi connectivity index (χ4v) is 7.59. The first-order valence-electron chi connectivity index (χ1n) is 7.85. The van der Waals surface area contributed by atoms with E-state index >= 15 is 0 Å². The molecule has 0 rings (SSSR count). The quantitative estimate of drug-likeness (QED) is 0.669. The Bertz CT molecular complexity index is 186. The van der Waals surface area contributed by atoms with Crippen molar-refractivity contribution in [3.63, 3.8) is 0 Å². The molecule has 22 heavy (non-hydrogen) atoms. The molecule has 0 aromatic carbocycles. The van der Waals surface area contributed by atoms with Gasteiger partial charge in [0.25, 0.3) is 0 Å². The van der Waals surface area contributed by atoms with Crippen LogP contribution < -0.4 is 0 Å². The van der Waals surface area contributed by atoms with Gasteiger partial charge in [-0.05, 0) is 41.8 Å². The van der Waals surface area contributed by atoms with Gasteiger partial charge in [0.15, 0.2) is 8.32 Å². The van der Waals surface area contributed by atoms with E-state index in [0.717, 1.165) is 18.1 Å². The first-order valence-corrected chi connectivity index (χ1v) is 10.4. The van der Waals surface area contributed by atoms with E-state index in [9.17, 15) is 4.80 Å². The van der Waals surface area contributed by atoms with Crippen molar-refractivity contribution in [2.75, 3.05) is 6.61 Å². The summed E-state index contributed by atoms with van der Waals surface area (Å²) in [7, 11) is -1.94. The minimum absolute atomic E-state index is 0. The molecule has 0 spiro atoms. The van der Waals surface area contributed by atoms with Gasteiger partial charge in [-0.25, -0.2) is 0 Å². The van der Waals surface area contributed by atoms with Crippen LogP contribution in [-0.4, -0.2) is 35.8 Å². The smallest absolute Gasteiger partial charge is 0.189 e. The summed E-state index contributed by atoms with van der Waals surface area (Å²) in [5.74, 6) is 2.37. The van der Waals surface area contributed by atoms with Crippen molar-refractivity contribution >= 4 is 8.32 Å². The summed E-state index contributed by atoms with van der Waals surface area (Å²) in [5.41, 5.74) is 0. The van der Waals surface area contributed by atoms with E-state index in [1.165, 1.54) is 0 Å². The van der Waals surface area contributed by atoms with Gasteiger partial charge in [-0.1, -0.05) is 55.4 Å². The molecular weight excluding hydrogens is 332 g/mol.